The first-order chi connectivity index (χ1) is 10.2. The highest BCUT2D eigenvalue weighted by atomic mass is 16.5. The molecule has 0 saturated heterocycles. The minimum Gasteiger partial charge on any atom is -0.492 e. The maximum atomic E-state index is 11.6. The van der Waals surface area contributed by atoms with E-state index in [9.17, 15) is 4.79 Å². The van der Waals surface area contributed by atoms with Crippen LogP contribution in [0.5, 0.6) is 11.5 Å². The van der Waals surface area contributed by atoms with E-state index in [4.69, 9.17) is 15.2 Å². The Hall–Kier alpha value is -2.69. The fourth-order valence-electron chi connectivity index (χ4n) is 1.64. The van der Waals surface area contributed by atoms with Gasteiger partial charge in [0, 0.05) is 5.69 Å². The Kier molecular flexibility index (Phi) is 5.46. The molecule has 3 N–H and O–H groups in total. The van der Waals surface area contributed by atoms with Crippen LogP contribution in [0.4, 0.5) is 5.69 Å². The number of anilines is 1. The van der Waals surface area contributed by atoms with Gasteiger partial charge in [-0.1, -0.05) is 18.2 Å². The van der Waals surface area contributed by atoms with Crippen molar-refractivity contribution in [3.05, 3.63) is 54.6 Å². The van der Waals surface area contributed by atoms with Gasteiger partial charge in [0.2, 0.25) is 0 Å². The number of carbonyl (C=O) groups excluding carboxylic acids is 1. The van der Waals surface area contributed by atoms with Crippen molar-refractivity contribution in [3.8, 4) is 11.5 Å². The Morgan fingerprint density at radius 1 is 0.952 bits per heavy atom. The van der Waals surface area contributed by atoms with Crippen LogP contribution in [-0.4, -0.2) is 25.7 Å². The third kappa shape index (κ3) is 5.44. The van der Waals surface area contributed by atoms with Gasteiger partial charge in [0.1, 0.15) is 18.1 Å². The molecule has 0 aliphatic heterocycles. The van der Waals surface area contributed by atoms with Crippen molar-refractivity contribution < 1.29 is 14.3 Å². The average Bonchev–Trinajstić information content (AvgIpc) is 2.52. The van der Waals surface area contributed by atoms with Gasteiger partial charge in [-0.25, -0.2) is 0 Å². The van der Waals surface area contributed by atoms with Crippen LogP contribution in [0.15, 0.2) is 54.6 Å². The molecular formula is C16H18N2O3. The molecule has 1 amide bonds. The summed E-state index contributed by atoms with van der Waals surface area (Å²) in [5, 5.41) is 2.72. The van der Waals surface area contributed by atoms with Gasteiger partial charge in [-0.2, -0.15) is 0 Å². The predicted molar refractivity (Wildman–Crippen MR) is 81.3 cm³/mol. The Labute approximate surface area is 123 Å². The standard InChI is InChI=1S/C16H18N2O3/c17-13-6-8-15(9-7-13)20-11-10-18-16(19)12-21-14-4-2-1-3-5-14/h1-9H,10-12,17H2,(H,18,19). The molecule has 0 heterocycles. The molecule has 0 radical (unpaired) electrons. The molecule has 2 aromatic rings. The molecule has 0 atom stereocenters. The zero-order valence-electron chi connectivity index (χ0n) is 11.6. The molecule has 0 saturated carbocycles. The summed E-state index contributed by atoms with van der Waals surface area (Å²) in [6.45, 7) is 0.800. The molecule has 21 heavy (non-hydrogen) atoms. The van der Waals surface area contributed by atoms with E-state index >= 15 is 0 Å². The SMILES string of the molecule is Nc1ccc(OCCNC(=O)COc2ccccc2)cc1. The highest BCUT2D eigenvalue weighted by Crippen LogP contribution is 2.12. The van der Waals surface area contributed by atoms with Gasteiger partial charge in [0.25, 0.3) is 5.91 Å². The smallest absolute Gasteiger partial charge is 0.258 e. The van der Waals surface area contributed by atoms with E-state index in [1.165, 1.54) is 0 Å². The summed E-state index contributed by atoms with van der Waals surface area (Å²) >= 11 is 0. The lowest BCUT2D eigenvalue weighted by Gasteiger charge is -2.09. The van der Waals surface area contributed by atoms with Gasteiger partial charge in [0.05, 0.1) is 6.54 Å². The average molecular weight is 286 g/mol. The number of nitrogen functional groups attached to an aromatic ring is 1. The second kappa shape index (κ2) is 7.79. The van der Waals surface area contributed by atoms with Crippen molar-refractivity contribution in [2.45, 2.75) is 0 Å². The molecule has 0 aliphatic rings. The van der Waals surface area contributed by atoms with Gasteiger partial charge in [-0.3, -0.25) is 4.79 Å². The third-order valence-corrected chi connectivity index (χ3v) is 2.69. The molecule has 110 valence electrons. The first-order valence-electron chi connectivity index (χ1n) is 6.67. The van der Waals surface area contributed by atoms with Crippen LogP contribution in [-0.2, 0) is 4.79 Å². The molecule has 5 heteroatoms. The molecule has 2 aromatic carbocycles. The van der Waals surface area contributed by atoms with E-state index in [2.05, 4.69) is 5.32 Å². The fraction of sp³-hybridized carbons (Fsp3) is 0.188. The van der Waals surface area contributed by atoms with E-state index in [-0.39, 0.29) is 12.5 Å². The normalized spacial score (nSPS) is 9.90. The molecule has 0 fully saturated rings. The van der Waals surface area contributed by atoms with Crippen molar-refractivity contribution >= 4 is 11.6 Å². The van der Waals surface area contributed by atoms with E-state index in [1.54, 1.807) is 36.4 Å². The maximum Gasteiger partial charge on any atom is 0.258 e. The minimum absolute atomic E-state index is 0.00805. The van der Waals surface area contributed by atoms with Crippen LogP contribution in [0.1, 0.15) is 0 Å². The van der Waals surface area contributed by atoms with E-state index in [0.29, 0.717) is 24.6 Å². The highest BCUT2D eigenvalue weighted by molar-refractivity contribution is 5.77. The molecule has 0 aromatic heterocycles. The second-order valence-corrected chi connectivity index (χ2v) is 4.37. The van der Waals surface area contributed by atoms with E-state index < -0.39 is 0 Å². The number of amides is 1. The van der Waals surface area contributed by atoms with Gasteiger partial charge in [0.15, 0.2) is 6.61 Å². The van der Waals surface area contributed by atoms with Crippen molar-refractivity contribution in [1.82, 2.24) is 5.32 Å². The number of ether oxygens (including phenoxy) is 2. The summed E-state index contributed by atoms with van der Waals surface area (Å²) in [5.41, 5.74) is 6.26. The summed E-state index contributed by atoms with van der Waals surface area (Å²) in [5.74, 6) is 1.21. The number of nitrogens with one attached hydrogen (secondary N) is 1. The summed E-state index contributed by atoms with van der Waals surface area (Å²) in [6, 6.07) is 16.3. The Balaban J connectivity index is 1.60. The first kappa shape index (κ1) is 14.7. The largest absolute Gasteiger partial charge is 0.492 e. The van der Waals surface area contributed by atoms with Crippen molar-refractivity contribution in [2.75, 3.05) is 25.5 Å². The zero-order chi connectivity index (χ0) is 14.9. The van der Waals surface area contributed by atoms with Crippen LogP contribution >= 0.6 is 0 Å². The third-order valence-electron chi connectivity index (χ3n) is 2.69. The lowest BCUT2D eigenvalue weighted by atomic mass is 10.3. The monoisotopic (exact) mass is 286 g/mol. The molecular weight excluding hydrogens is 268 g/mol. The molecule has 0 aliphatic carbocycles. The summed E-state index contributed by atoms with van der Waals surface area (Å²) in [6.07, 6.45) is 0. The van der Waals surface area contributed by atoms with E-state index in [1.807, 2.05) is 18.2 Å². The highest BCUT2D eigenvalue weighted by Gasteiger charge is 2.02. The van der Waals surface area contributed by atoms with Crippen molar-refractivity contribution in [3.63, 3.8) is 0 Å². The molecule has 5 nitrogen and oxygen atoms in total. The zero-order valence-corrected chi connectivity index (χ0v) is 11.6. The molecule has 0 bridgehead atoms. The van der Waals surface area contributed by atoms with E-state index in [0.717, 1.165) is 5.75 Å². The Morgan fingerprint density at radius 2 is 1.62 bits per heavy atom. The number of nitrogens with two attached hydrogens (primary N) is 1. The Morgan fingerprint density at radius 3 is 2.33 bits per heavy atom. The van der Waals surface area contributed by atoms with Crippen LogP contribution in [0.2, 0.25) is 0 Å². The van der Waals surface area contributed by atoms with Crippen molar-refractivity contribution in [2.24, 2.45) is 0 Å². The lowest BCUT2D eigenvalue weighted by Crippen LogP contribution is -2.32. The molecule has 0 unspecified atom stereocenters. The van der Waals surface area contributed by atoms with Gasteiger partial charge in [-0.05, 0) is 36.4 Å². The summed E-state index contributed by atoms with van der Waals surface area (Å²) in [4.78, 5) is 11.6. The number of carbonyl (C=O) groups is 1. The Bertz CT molecular complexity index is 555. The van der Waals surface area contributed by atoms with Gasteiger partial charge >= 0.3 is 0 Å². The van der Waals surface area contributed by atoms with Gasteiger partial charge in [-0.15, -0.1) is 0 Å². The predicted octanol–water partition coefficient (Wildman–Crippen LogP) is 1.84. The number of benzene rings is 2. The van der Waals surface area contributed by atoms with Crippen molar-refractivity contribution in [1.29, 1.82) is 0 Å². The van der Waals surface area contributed by atoms with Crippen LogP contribution in [0, 0.1) is 0 Å². The van der Waals surface area contributed by atoms with Gasteiger partial charge < -0.3 is 20.5 Å². The maximum absolute atomic E-state index is 11.6. The van der Waals surface area contributed by atoms with Crippen LogP contribution < -0.4 is 20.5 Å². The number of rotatable bonds is 7. The van der Waals surface area contributed by atoms with Crippen LogP contribution in [0.3, 0.4) is 0 Å². The first-order valence-corrected chi connectivity index (χ1v) is 6.67. The fourth-order valence-corrected chi connectivity index (χ4v) is 1.64. The topological polar surface area (TPSA) is 73.6 Å². The number of hydrogen-bond acceptors (Lipinski definition) is 4. The number of para-hydroxylation sites is 1. The summed E-state index contributed by atoms with van der Waals surface area (Å²) in [7, 11) is 0. The quantitative estimate of drug-likeness (QED) is 0.601. The lowest BCUT2D eigenvalue weighted by molar-refractivity contribution is -0.123. The van der Waals surface area contributed by atoms with Crippen LogP contribution in [0.25, 0.3) is 0 Å². The molecule has 0 spiro atoms. The number of hydrogen-bond donors (Lipinski definition) is 2. The molecule has 2 rings (SSSR count). The summed E-state index contributed by atoms with van der Waals surface area (Å²) < 4.78 is 10.8. The second-order valence-electron chi connectivity index (χ2n) is 4.37. The minimum atomic E-state index is -0.181.